The average molecular weight is 309 g/mol. The average Bonchev–Trinajstić information content (AvgIpc) is 2.86. The first-order chi connectivity index (χ1) is 10.2. The lowest BCUT2D eigenvalue weighted by Crippen LogP contribution is -1.83. The van der Waals surface area contributed by atoms with E-state index in [1.807, 2.05) is 23.5 Å². The van der Waals surface area contributed by atoms with Crippen LogP contribution in [0.4, 0.5) is 0 Å². The van der Waals surface area contributed by atoms with Crippen molar-refractivity contribution in [3.63, 3.8) is 0 Å². The molecule has 0 fully saturated rings. The molecule has 0 bridgehead atoms. The van der Waals surface area contributed by atoms with Crippen molar-refractivity contribution in [2.45, 2.75) is 6.92 Å². The Labute approximate surface area is 132 Å². The van der Waals surface area contributed by atoms with Crippen LogP contribution in [0.5, 0.6) is 0 Å². The van der Waals surface area contributed by atoms with Crippen LogP contribution in [0.25, 0.3) is 31.3 Å². The zero-order valence-corrected chi connectivity index (χ0v) is 13.1. The van der Waals surface area contributed by atoms with E-state index in [4.69, 9.17) is 11.6 Å². The fourth-order valence-electron chi connectivity index (χ4n) is 2.89. The van der Waals surface area contributed by atoms with Gasteiger partial charge in [0.05, 0.1) is 0 Å². The summed E-state index contributed by atoms with van der Waals surface area (Å²) in [4.78, 5) is 0. The van der Waals surface area contributed by atoms with Gasteiger partial charge in [-0.2, -0.15) is 0 Å². The van der Waals surface area contributed by atoms with Gasteiger partial charge >= 0.3 is 0 Å². The largest absolute Gasteiger partial charge is 0.135 e. The van der Waals surface area contributed by atoms with E-state index in [1.54, 1.807) is 0 Å². The predicted molar refractivity (Wildman–Crippen MR) is 94.5 cm³/mol. The lowest BCUT2D eigenvalue weighted by atomic mass is 9.99. The van der Waals surface area contributed by atoms with Crippen LogP contribution < -0.4 is 0 Å². The predicted octanol–water partition coefficient (Wildman–Crippen LogP) is 6.68. The summed E-state index contributed by atoms with van der Waals surface area (Å²) < 4.78 is 2.69. The molecule has 21 heavy (non-hydrogen) atoms. The van der Waals surface area contributed by atoms with E-state index < -0.39 is 0 Å². The van der Waals surface area contributed by atoms with Gasteiger partial charge in [0.25, 0.3) is 0 Å². The molecule has 0 spiro atoms. The summed E-state index contributed by atoms with van der Waals surface area (Å²) in [6.07, 6.45) is 0. The van der Waals surface area contributed by atoms with E-state index in [1.165, 1.54) is 36.9 Å². The first-order valence-corrected chi connectivity index (χ1v) is 8.10. The summed E-state index contributed by atoms with van der Waals surface area (Å²) in [6, 6.07) is 21.3. The zero-order chi connectivity index (χ0) is 14.4. The number of benzene rings is 3. The summed E-state index contributed by atoms with van der Waals surface area (Å²) >= 11 is 7.95. The Balaban J connectivity index is 2.09. The highest BCUT2D eigenvalue weighted by atomic mass is 35.5. The van der Waals surface area contributed by atoms with Crippen molar-refractivity contribution in [3.05, 3.63) is 71.2 Å². The number of fused-ring (bicyclic) bond motifs is 3. The first kappa shape index (κ1) is 12.9. The Morgan fingerprint density at radius 1 is 0.810 bits per heavy atom. The maximum absolute atomic E-state index is 6.09. The highest BCUT2D eigenvalue weighted by Crippen LogP contribution is 2.40. The number of halogens is 1. The van der Waals surface area contributed by atoms with Gasteiger partial charge < -0.3 is 0 Å². The number of rotatable bonds is 1. The molecule has 0 N–H and O–H groups in total. The molecular formula is C19H13ClS. The standard InChI is InChI=1S/C19H13ClS/c1-12-11-13(20)9-10-14(12)16-6-4-7-17-15-5-2-3-8-18(15)21-19(16)17/h2-11H,1H3. The van der Waals surface area contributed by atoms with Crippen molar-refractivity contribution in [2.24, 2.45) is 0 Å². The van der Waals surface area contributed by atoms with Gasteiger partial charge in [-0.05, 0) is 41.8 Å². The number of thiophene rings is 1. The Morgan fingerprint density at radius 2 is 1.62 bits per heavy atom. The van der Waals surface area contributed by atoms with Gasteiger partial charge in [0.2, 0.25) is 0 Å². The fraction of sp³-hybridized carbons (Fsp3) is 0.0526. The highest BCUT2D eigenvalue weighted by Gasteiger charge is 2.11. The second kappa shape index (κ2) is 4.87. The number of hydrogen-bond acceptors (Lipinski definition) is 1. The van der Waals surface area contributed by atoms with Gasteiger partial charge in [-0.1, -0.05) is 54.1 Å². The molecule has 0 nitrogen and oxygen atoms in total. The van der Waals surface area contributed by atoms with Crippen molar-refractivity contribution in [3.8, 4) is 11.1 Å². The topological polar surface area (TPSA) is 0 Å². The smallest absolute Gasteiger partial charge is 0.0433 e. The van der Waals surface area contributed by atoms with E-state index in [9.17, 15) is 0 Å². The summed E-state index contributed by atoms with van der Waals surface area (Å²) in [7, 11) is 0. The third-order valence-corrected chi connectivity index (χ3v) is 5.34. The molecule has 3 aromatic carbocycles. The second-order valence-electron chi connectivity index (χ2n) is 5.24. The van der Waals surface area contributed by atoms with Crippen LogP contribution in [0.15, 0.2) is 60.7 Å². The Hall–Kier alpha value is -1.83. The molecule has 0 aliphatic rings. The van der Waals surface area contributed by atoms with Crippen LogP contribution >= 0.6 is 22.9 Å². The molecule has 0 saturated carbocycles. The van der Waals surface area contributed by atoms with Crippen molar-refractivity contribution in [2.75, 3.05) is 0 Å². The molecule has 0 unspecified atom stereocenters. The lowest BCUT2D eigenvalue weighted by molar-refractivity contribution is 1.47. The quantitative estimate of drug-likeness (QED) is 0.368. The lowest BCUT2D eigenvalue weighted by Gasteiger charge is -2.07. The highest BCUT2D eigenvalue weighted by molar-refractivity contribution is 7.26. The maximum atomic E-state index is 6.09. The molecule has 0 atom stereocenters. The molecule has 4 aromatic rings. The van der Waals surface area contributed by atoms with Gasteiger partial charge in [-0.3, -0.25) is 0 Å². The minimum absolute atomic E-state index is 0.791. The summed E-state index contributed by atoms with van der Waals surface area (Å²) in [5, 5.41) is 3.47. The van der Waals surface area contributed by atoms with Crippen LogP contribution in [0.1, 0.15) is 5.56 Å². The van der Waals surface area contributed by atoms with E-state index in [0.29, 0.717) is 0 Å². The zero-order valence-electron chi connectivity index (χ0n) is 11.6. The van der Waals surface area contributed by atoms with Crippen molar-refractivity contribution in [1.29, 1.82) is 0 Å². The van der Waals surface area contributed by atoms with Gasteiger partial charge in [0.15, 0.2) is 0 Å². The second-order valence-corrected chi connectivity index (χ2v) is 6.73. The van der Waals surface area contributed by atoms with Crippen LogP contribution in [0, 0.1) is 6.92 Å². The molecule has 0 amide bonds. The Bertz CT molecular complexity index is 966. The minimum atomic E-state index is 0.791. The number of aryl methyl sites for hydroxylation is 1. The van der Waals surface area contributed by atoms with Gasteiger partial charge in [-0.25, -0.2) is 0 Å². The third kappa shape index (κ3) is 2.05. The van der Waals surface area contributed by atoms with Crippen LogP contribution in [-0.2, 0) is 0 Å². The van der Waals surface area contributed by atoms with Gasteiger partial charge in [0, 0.05) is 25.2 Å². The minimum Gasteiger partial charge on any atom is -0.135 e. The molecule has 1 heterocycles. The van der Waals surface area contributed by atoms with Crippen molar-refractivity contribution in [1.82, 2.24) is 0 Å². The van der Waals surface area contributed by atoms with Gasteiger partial charge in [0.1, 0.15) is 0 Å². The molecule has 102 valence electrons. The molecule has 0 radical (unpaired) electrons. The molecular weight excluding hydrogens is 296 g/mol. The Morgan fingerprint density at radius 3 is 2.48 bits per heavy atom. The number of hydrogen-bond donors (Lipinski definition) is 0. The van der Waals surface area contributed by atoms with Crippen LogP contribution in [0.2, 0.25) is 5.02 Å². The van der Waals surface area contributed by atoms with Crippen LogP contribution in [-0.4, -0.2) is 0 Å². The SMILES string of the molecule is Cc1cc(Cl)ccc1-c1cccc2c1sc1ccccc12. The van der Waals surface area contributed by atoms with Gasteiger partial charge in [-0.15, -0.1) is 11.3 Å². The molecule has 4 rings (SSSR count). The van der Waals surface area contributed by atoms with E-state index >= 15 is 0 Å². The van der Waals surface area contributed by atoms with Crippen molar-refractivity contribution < 1.29 is 0 Å². The molecule has 2 heteroatoms. The molecule has 1 aromatic heterocycles. The summed E-state index contributed by atoms with van der Waals surface area (Å²) in [6.45, 7) is 2.12. The first-order valence-electron chi connectivity index (χ1n) is 6.91. The van der Waals surface area contributed by atoms with E-state index in [2.05, 4.69) is 55.5 Å². The molecule has 0 aliphatic carbocycles. The fourth-order valence-corrected chi connectivity index (χ4v) is 4.35. The molecule has 0 aliphatic heterocycles. The van der Waals surface area contributed by atoms with E-state index in [-0.39, 0.29) is 0 Å². The maximum Gasteiger partial charge on any atom is 0.0433 e. The monoisotopic (exact) mass is 308 g/mol. The Kier molecular flexibility index (Phi) is 2.99. The van der Waals surface area contributed by atoms with Crippen molar-refractivity contribution >= 4 is 43.1 Å². The van der Waals surface area contributed by atoms with E-state index in [0.717, 1.165) is 5.02 Å². The summed E-state index contributed by atoms with van der Waals surface area (Å²) in [5.41, 5.74) is 3.77. The molecule has 0 saturated heterocycles. The normalized spacial score (nSPS) is 11.3. The third-order valence-electron chi connectivity index (χ3n) is 3.88. The summed E-state index contributed by atoms with van der Waals surface area (Å²) in [5.74, 6) is 0. The van der Waals surface area contributed by atoms with Crippen LogP contribution in [0.3, 0.4) is 0 Å².